The first-order valence-electron chi connectivity index (χ1n) is 13.0. The molecule has 0 aliphatic carbocycles. The van der Waals surface area contributed by atoms with Gasteiger partial charge in [-0.15, -0.1) is 0 Å². The van der Waals surface area contributed by atoms with E-state index >= 15 is 0 Å². The van der Waals surface area contributed by atoms with Gasteiger partial charge in [0, 0.05) is 5.56 Å². The van der Waals surface area contributed by atoms with Crippen LogP contribution in [0.3, 0.4) is 0 Å². The number of benzene rings is 4. The van der Waals surface area contributed by atoms with Crippen LogP contribution in [0.25, 0.3) is 22.3 Å². The van der Waals surface area contributed by atoms with Gasteiger partial charge in [0.1, 0.15) is 6.61 Å². The van der Waals surface area contributed by atoms with Crippen LogP contribution in [0.15, 0.2) is 94.8 Å². The molecule has 1 heterocycles. The summed E-state index contributed by atoms with van der Waals surface area (Å²) in [5.74, 6) is 0.682. The van der Waals surface area contributed by atoms with Crippen molar-refractivity contribution < 1.29 is 22.6 Å². The van der Waals surface area contributed by atoms with E-state index < -0.39 is 17.3 Å². The first kappa shape index (κ1) is 28.9. The van der Waals surface area contributed by atoms with E-state index in [4.69, 9.17) is 21.1 Å². The van der Waals surface area contributed by atoms with E-state index in [1.165, 1.54) is 18.3 Å². The normalized spacial score (nSPS) is 11.8. The molecule has 0 aliphatic heterocycles. The highest BCUT2D eigenvalue weighted by molar-refractivity contribution is 6.32. The maximum Gasteiger partial charge on any atom is 0.416 e. The van der Waals surface area contributed by atoms with E-state index in [9.17, 15) is 18.0 Å². The van der Waals surface area contributed by atoms with Crippen LogP contribution >= 0.6 is 11.6 Å². The highest BCUT2D eigenvalue weighted by atomic mass is 35.5. The molecular weight excluding hydrogens is 567 g/mol. The van der Waals surface area contributed by atoms with Gasteiger partial charge in [-0.3, -0.25) is 4.79 Å². The van der Waals surface area contributed by atoms with Gasteiger partial charge in [0.05, 0.1) is 34.3 Å². The Labute approximate surface area is 244 Å². The minimum absolute atomic E-state index is 0.0461. The number of ether oxygens (including phenoxy) is 2. The quantitative estimate of drug-likeness (QED) is 0.172. The SMILES string of the molecule is CCOc1cc(C=Nn2c(-c3cccc(C(F)(F)F)c3)nc3ccccc3c2=O)cc(Cl)c1OCc1ccc(C)cc1. The average Bonchev–Trinajstić information content (AvgIpc) is 2.97. The monoisotopic (exact) mass is 591 g/mol. The van der Waals surface area contributed by atoms with Gasteiger partial charge in [-0.05, 0) is 61.4 Å². The molecule has 0 atom stereocenters. The minimum atomic E-state index is -4.57. The number of halogens is 4. The standard InChI is InChI=1S/C32H25ClF3N3O3/c1-3-41-28-16-22(15-26(33)29(28)42-19-21-13-11-20(2)12-14-21)18-37-39-30(23-7-6-8-24(17-23)32(34,35)36)38-27-10-5-4-9-25(27)31(39)40/h4-18H,3,19H2,1-2H3. The summed E-state index contributed by atoms with van der Waals surface area (Å²) in [6, 6.07) is 22.3. The largest absolute Gasteiger partial charge is 0.490 e. The molecule has 0 unspecified atom stereocenters. The van der Waals surface area contributed by atoms with E-state index in [-0.39, 0.29) is 28.4 Å². The lowest BCUT2D eigenvalue weighted by Gasteiger charge is -2.15. The number of para-hydroxylation sites is 1. The number of rotatable bonds is 8. The molecule has 0 fully saturated rings. The summed E-state index contributed by atoms with van der Waals surface area (Å²) in [5.41, 5.74) is 1.56. The maximum atomic E-state index is 13.5. The van der Waals surface area contributed by atoms with Gasteiger partial charge >= 0.3 is 6.18 Å². The number of aromatic nitrogens is 2. The van der Waals surface area contributed by atoms with Crippen LogP contribution in [0.4, 0.5) is 13.2 Å². The summed E-state index contributed by atoms with van der Waals surface area (Å²) in [5, 5.41) is 4.87. The van der Waals surface area contributed by atoms with E-state index in [1.54, 1.807) is 36.4 Å². The van der Waals surface area contributed by atoms with Gasteiger partial charge < -0.3 is 9.47 Å². The zero-order chi connectivity index (χ0) is 29.9. The molecule has 4 aromatic carbocycles. The smallest absolute Gasteiger partial charge is 0.416 e. The number of alkyl halides is 3. The summed E-state index contributed by atoms with van der Waals surface area (Å²) >= 11 is 6.59. The molecule has 10 heteroatoms. The molecule has 5 aromatic rings. The van der Waals surface area contributed by atoms with Gasteiger partial charge in [0.2, 0.25) is 0 Å². The topological polar surface area (TPSA) is 65.7 Å². The van der Waals surface area contributed by atoms with Crippen molar-refractivity contribution in [3.8, 4) is 22.9 Å². The van der Waals surface area contributed by atoms with Crippen LogP contribution < -0.4 is 15.0 Å². The average molecular weight is 592 g/mol. The molecule has 0 saturated carbocycles. The van der Waals surface area contributed by atoms with Crippen molar-refractivity contribution in [2.45, 2.75) is 26.6 Å². The Kier molecular flexibility index (Phi) is 8.31. The van der Waals surface area contributed by atoms with E-state index in [0.717, 1.165) is 27.9 Å². The molecular formula is C32H25ClF3N3O3. The number of nitrogens with zero attached hydrogens (tertiary/aromatic N) is 3. The molecule has 0 saturated heterocycles. The third-order valence-electron chi connectivity index (χ3n) is 6.36. The fraction of sp³-hybridized carbons (Fsp3) is 0.156. The van der Waals surface area contributed by atoms with Crippen LogP contribution in [0, 0.1) is 6.92 Å². The number of fused-ring (bicyclic) bond motifs is 1. The van der Waals surface area contributed by atoms with Crippen LogP contribution in [0.5, 0.6) is 11.5 Å². The third-order valence-corrected chi connectivity index (χ3v) is 6.64. The Morgan fingerprint density at radius 1 is 0.976 bits per heavy atom. The van der Waals surface area contributed by atoms with Crippen molar-refractivity contribution in [1.82, 2.24) is 9.66 Å². The van der Waals surface area contributed by atoms with Gasteiger partial charge in [0.25, 0.3) is 5.56 Å². The molecule has 0 bridgehead atoms. The van der Waals surface area contributed by atoms with E-state index in [0.29, 0.717) is 29.2 Å². The summed E-state index contributed by atoms with van der Waals surface area (Å²) in [6.45, 7) is 4.43. The predicted octanol–water partition coefficient (Wildman–Crippen LogP) is 7.90. The molecule has 5 rings (SSSR count). The molecule has 0 spiro atoms. The van der Waals surface area contributed by atoms with Gasteiger partial charge in [-0.1, -0.05) is 65.7 Å². The zero-order valence-electron chi connectivity index (χ0n) is 22.7. The second-order valence-electron chi connectivity index (χ2n) is 9.43. The van der Waals surface area contributed by atoms with Crippen molar-refractivity contribution >= 4 is 28.7 Å². The zero-order valence-corrected chi connectivity index (χ0v) is 23.4. The van der Waals surface area contributed by atoms with Gasteiger partial charge in [-0.2, -0.15) is 22.9 Å². The minimum Gasteiger partial charge on any atom is -0.490 e. The van der Waals surface area contributed by atoms with Crippen molar-refractivity contribution in [2.24, 2.45) is 5.10 Å². The Morgan fingerprint density at radius 3 is 2.48 bits per heavy atom. The lowest BCUT2D eigenvalue weighted by molar-refractivity contribution is -0.137. The fourth-order valence-electron chi connectivity index (χ4n) is 4.28. The van der Waals surface area contributed by atoms with Gasteiger partial charge in [-0.25, -0.2) is 4.98 Å². The molecule has 0 radical (unpaired) electrons. The first-order valence-corrected chi connectivity index (χ1v) is 13.4. The molecule has 42 heavy (non-hydrogen) atoms. The Balaban J connectivity index is 1.55. The fourth-order valence-corrected chi connectivity index (χ4v) is 4.56. The number of aryl methyl sites for hydroxylation is 1. The Morgan fingerprint density at radius 2 is 1.74 bits per heavy atom. The van der Waals surface area contributed by atoms with Crippen LogP contribution in [0.1, 0.15) is 29.2 Å². The first-order chi connectivity index (χ1) is 20.1. The highest BCUT2D eigenvalue weighted by Crippen LogP contribution is 2.37. The number of hydrogen-bond acceptors (Lipinski definition) is 5. The Bertz CT molecular complexity index is 1830. The second kappa shape index (κ2) is 12.1. The van der Waals surface area contributed by atoms with E-state index in [2.05, 4.69) is 10.1 Å². The van der Waals surface area contributed by atoms with Crippen molar-refractivity contribution in [3.05, 3.63) is 123 Å². The van der Waals surface area contributed by atoms with Crippen molar-refractivity contribution in [1.29, 1.82) is 0 Å². The third kappa shape index (κ3) is 6.31. The molecule has 0 N–H and O–H groups in total. The van der Waals surface area contributed by atoms with Crippen LogP contribution in [0.2, 0.25) is 5.02 Å². The van der Waals surface area contributed by atoms with Crippen molar-refractivity contribution in [3.63, 3.8) is 0 Å². The summed E-state index contributed by atoms with van der Waals surface area (Å²) in [4.78, 5) is 18.0. The Hall–Kier alpha value is -4.63. The van der Waals surface area contributed by atoms with Crippen LogP contribution in [-0.4, -0.2) is 22.5 Å². The summed E-state index contributed by atoms with van der Waals surface area (Å²) < 4.78 is 53.2. The highest BCUT2D eigenvalue weighted by Gasteiger charge is 2.31. The molecule has 0 amide bonds. The molecule has 214 valence electrons. The molecule has 1 aromatic heterocycles. The second-order valence-corrected chi connectivity index (χ2v) is 9.84. The summed E-state index contributed by atoms with van der Waals surface area (Å²) in [6.07, 6.45) is -3.20. The molecule has 6 nitrogen and oxygen atoms in total. The maximum absolute atomic E-state index is 13.5. The van der Waals surface area contributed by atoms with Crippen molar-refractivity contribution in [2.75, 3.05) is 6.61 Å². The summed E-state index contributed by atoms with van der Waals surface area (Å²) in [7, 11) is 0. The lowest BCUT2D eigenvalue weighted by Crippen LogP contribution is -2.20. The van der Waals surface area contributed by atoms with Gasteiger partial charge in [0.15, 0.2) is 17.3 Å². The van der Waals surface area contributed by atoms with E-state index in [1.807, 2.05) is 38.1 Å². The molecule has 0 aliphatic rings. The predicted molar refractivity (Wildman–Crippen MR) is 158 cm³/mol. The number of hydrogen-bond donors (Lipinski definition) is 0. The van der Waals surface area contributed by atoms with Crippen LogP contribution in [-0.2, 0) is 12.8 Å². The lowest BCUT2D eigenvalue weighted by atomic mass is 10.1.